The molecule has 3 nitrogen and oxygen atoms in total. The highest BCUT2D eigenvalue weighted by molar-refractivity contribution is 5.82. The molecule has 1 fully saturated rings. The summed E-state index contributed by atoms with van der Waals surface area (Å²) >= 11 is 0. The molecule has 2 rings (SSSR count). The Morgan fingerprint density at radius 3 is 2.38 bits per heavy atom. The van der Waals surface area contributed by atoms with Crippen molar-refractivity contribution in [1.82, 2.24) is 10.2 Å². The quantitative estimate of drug-likeness (QED) is 0.802. The molecule has 0 bridgehead atoms. The normalized spacial score (nSPS) is 18.6. The number of halogens is 4. The van der Waals surface area contributed by atoms with Crippen LogP contribution in [0.4, 0.5) is 17.6 Å². The van der Waals surface area contributed by atoms with Gasteiger partial charge in [0, 0.05) is 12.0 Å². The van der Waals surface area contributed by atoms with Gasteiger partial charge < -0.3 is 5.32 Å². The Balaban J connectivity index is 1.84. The van der Waals surface area contributed by atoms with Crippen LogP contribution in [0, 0.1) is 5.41 Å². The second-order valence-corrected chi connectivity index (χ2v) is 6.57. The Bertz CT molecular complexity index is 543. The average Bonchev–Trinajstić information content (AvgIpc) is 2.56. The van der Waals surface area contributed by atoms with Crippen molar-refractivity contribution < 1.29 is 22.4 Å². The number of carbonyl (C=O) groups excluding carboxylic acids is 1. The monoisotopic (exact) mass is 346 g/mol. The first-order valence-electron chi connectivity index (χ1n) is 7.93. The van der Waals surface area contributed by atoms with E-state index >= 15 is 0 Å². The number of piperidine rings is 1. The van der Waals surface area contributed by atoms with E-state index in [9.17, 15) is 22.4 Å². The molecule has 1 aromatic carbocycles. The average molecular weight is 346 g/mol. The summed E-state index contributed by atoms with van der Waals surface area (Å²) in [7, 11) is 0. The molecule has 1 heterocycles. The number of hydrogen-bond acceptors (Lipinski definition) is 2. The molecule has 0 aliphatic carbocycles. The van der Waals surface area contributed by atoms with Crippen LogP contribution in [0.15, 0.2) is 30.3 Å². The Morgan fingerprint density at radius 2 is 1.83 bits per heavy atom. The Morgan fingerprint density at radius 1 is 1.25 bits per heavy atom. The predicted molar refractivity (Wildman–Crippen MR) is 83.0 cm³/mol. The Labute approximate surface area is 139 Å². The largest absolute Gasteiger partial charge is 0.349 e. The number of rotatable bonds is 6. The molecule has 0 saturated carbocycles. The number of alkyl halides is 4. The van der Waals surface area contributed by atoms with Gasteiger partial charge in [-0.3, -0.25) is 9.69 Å². The van der Waals surface area contributed by atoms with Crippen LogP contribution in [0.5, 0.6) is 0 Å². The fraction of sp³-hybridized carbons (Fsp3) is 0.588. The number of likely N-dealkylation sites (tertiary alicyclic amines) is 1. The van der Waals surface area contributed by atoms with Crippen LogP contribution in [0.2, 0.25) is 0 Å². The number of amides is 1. The van der Waals surface area contributed by atoms with Crippen molar-refractivity contribution in [3.63, 3.8) is 0 Å². The van der Waals surface area contributed by atoms with E-state index in [1.54, 1.807) is 6.92 Å². The van der Waals surface area contributed by atoms with Crippen LogP contribution < -0.4 is 5.32 Å². The highest BCUT2D eigenvalue weighted by Gasteiger charge is 2.43. The topological polar surface area (TPSA) is 32.3 Å². The molecule has 0 radical (unpaired) electrons. The standard InChI is InChI=1S/C17H22F4N2O/c1-16(15(24)22-12-17(20,21)14(18)19)7-9-23(10-8-16)11-13-5-3-2-4-6-13/h2-6,14H,7-12H2,1H3,(H,22,24). The van der Waals surface area contributed by atoms with Gasteiger partial charge in [-0.25, -0.2) is 8.78 Å². The molecule has 1 saturated heterocycles. The van der Waals surface area contributed by atoms with Gasteiger partial charge in [0.15, 0.2) is 0 Å². The fourth-order valence-electron chi connectivity index (χ4n) is 2.76. The highest BCUT2D eigenvalue weighted by Crippen LogP contribution is 2.32. The van der Waals surface area contributed by atoms with E-state index in [2.05, 4.69) is 4.90 Å². The summed E-state index contributed by atoms with van der Waals surface area (Å²) in [5.41, 5.74) is 0.368. The van der Waals surface area contributed by atoms with Gasteiger partial charge in [0.05, 0.1) is 6.54 Å². The first-order chi connectivity index (χ1) is 11.2. The zero-order chi connectivity index (χ0) is 17.8. The number of hydrogen-bond donors (Lipinski definition) is 1. The maximum Gasteiger partial charge on any atom is 0.324 e. The van der Waals surface area contributed by atoms with Crippen LogP contribution in [-0.2, 0) is 11.3 Å². The lowest BCUT2D eigenvalue weighted by Crippen LogP contribution is -2.50. The highest BCUT2D eigenvalue weighted by atomic mass is 19.3. The van der Waals surface area contributed by atoms with E-state index in [1.165, 1.54) is 5.56 Å². The predicted octanol–water partition coefficient (Wildman–Crippen LogP) is 3.31. The molecule has 7 heteroatoms. The lowest BCUT2D eigenvalue weighted by atomic mass is 9.79. The van der Waals surface area contributed by atoms with Crippen LogP contribution in [0.3, 0.4) is 0 Å². The smallest absolute Gasteiger partial charge is 0.324 e. The molecular weight excluding hydrogens is 324 g/mol. The van der Waals surface area contributed by atoms with Gasteiger partial charge >= 0.3 is 12.3 Å². The molecular formula is C17H22F4N2O. The first-order valence-corrected chi connectivity index (χ1v) is 7.93. The van der Waals surface area contributed by atoms with E-state index in [0.717, 1.165) is 6.54 Å². The molecule has 134 valence electrons. The molecule has 1 N–H and O–H groups in total. The summed E-state index contributed by atoms with van der Waals surface area (Å²) in [6.07, 6.45) is -2.77. The maximum absolute atomic E-state index is 12.9. The summed E-state index contributed by atoms with van der Waals surface area (Å²) in [4.78, 5) is 14.3. The number of nitrogens with zero attached hydrogens (tertiary/aromatic N) is 1. The number of benzene rings is 1. The van der Waals surface area contributed by atoms with Crippen LogP contribution in [0.25, 0.3) is 0 Å². The molecule has 1 aromatic rings. The van der Waals surface area contributed by atoms with Crippen molar-refractivity contribution in [3.8, 4) is 0 Å². The van der Waals surface area contributed by atoms with Crippen molar-refractivity contribution in [1.29, 1.82) is 0 Å². The summed E-state index contributed by atoms with van der Waals surface area (Å²) in [6, 6.07) is 9.90. The molecule has 0 spiro atoms. The van der Waals surface area contributed by atoms with Gasteiger partial charge in [-0.05, 0) is 31.5 Å². The van der Waals surface area contributed by atoms with Gasteiger partial charge in [-0.15, -0.1) is 0 Å². The minimum absolute atomic E-state index is 0.506. The second-order valence-electron chi connectivity index (χ2n) is 6.57. The lowest BCUT2D eigenvalue weighted by Gasteiger charge is -2.38. The summed E-state index contributed by atoms with van der Waals surface area (Å²) in [5.74, 6) is -4.78. The van der Waals surface area contributed by atoms with Crippen molar-refractivity contribution >= 4 is 5.91 Å². The minimum atomic E-state index is -4.19. The molecule has 1 aliphatic rings. The van der Waals surface area contributed by atoms with Gasteiger partial charge in [-0.2, -0.15) is 8.78 Å². The SMILES string of the molecule is CC1(C(=O)NCC(F)(F)C(F)F)CCN(Cc2ccccc2)CC1. The lowest BCUT2D eigenvalue weighted by molar-refractivity contribution is -0.144. The van der Waals surface area contributed by atoms with E-state index in [-0.39, 0.29) is 0 Å². The fourth-order valence-corrected chi connectivity index (χ4v) is 2.76. The molecule has 24 heavy (non-hydrogen) atoms. The van der Waals surface area contributed by atoms with Crippen molar-refractivity contribution in [2.45, 2.75) is 38.7 Å². The zero-order valence-corrected chi connectivity index (χ0v) is 13.6. The number of nitrogens with one attached hydrogen (secondary N) is 1. The first kappa shape index (κ1) is 18.7. The molecule has 0 atom stereocenters. The van der Waals surface area contributed by atoms with Gasteiger partial charge in [0.2, 0.25) is 5.91 Å². The molecule has 0 aromatic heterocycles. The third kappa shape index (κ3) is 4.69. The van der Waals surface area contributed by atoms with E-state index in [1.807, 2.05) is 35.6 Å². The number of carbonyl (C=O) groups is 1. The Hall–Kier alpha value is -1.63. The van der Waals surface area contributed by atoms with E-state index in [4.69, 9.17) is 0 Å². The van der Waals surface area contributed by atoms with E-state index < -0.39 is 30.2 Å². The third-order valence-electron chi connectivity index (χ3n) is 4.56. The van der Waals surface area contributed by atoms with E-state index in [0.29, 0.717) is 25.9 Å². The maximum atomic E-state index is 12.9. The molecule has 1 amide bonds. The van der Waals surface area contributed by atoms with Crippen molar-refractivity contribution in [3.05, 3.63) is 35.9 Å². The van der Waals surface area contributed by atoms with Gasteiger partial charge in [-0.1, -0.05) is 37.3 Å². The van der Waals surface area contributed by atoms with Crippen molar-refractivity contribution in [2.24, 2.45) is 5.41 Å². The van der Waals surface area contributed by atoms with Crippen LogP contribution in [-0.4, -0.2) is 42.8 Å². The summed E-state index contributed by atoms with van der Waals surface area (Å²) < 4.78 is 50.2. The zero-order valence-electron chi connectivity index (χ0n) is 13.6. The van der Waals surface area contributed by atoms with Crippen LogP contribution >= 0.6 is 0 Å². The molecule has 1 aliphatic heterocycles. The van der Waals surface area contributed by atoms with Gasteiger partial charge in [0.1, 0.15) is 0 Å². The van der Waals surface area contributed by atoms with Crippen LogP contribution in [0.1, 0.15) is 25.3 Å². The van der Waals surface area contributed by atoms with Crippen molar-refractivity contribution in [2.75, 3.05) is 19.6 Å². The Kier molecular flexibility index (Phi) is 5.85. The second kappa shape index (κ2) is 7.51. The molecule has 0 unspecified atom stereocenters. The minimum Gasteiger partial charge on any atom is -0.349 e. The van der Waals surface area contributed by atoms with Gasteiger partial charge in [0.25, 0.3) is 0 Å². The summed E-state index contributed by atoms with van der Waals surface area (Å²) in [6.45, 7) is 2.45. The third-order valence-corrected chi connectivity index (χ3v) is 4.56. The summed E-state index contributed by atoms with van der Waals surface area (Å²) in [5, 5.41) is 1.99.